The molecule has 0 radical (unpaired) electrons. The number of amides is 2. The van der Waals surface area contributed by atoms with Gasteiger partial charge in [-0.2, -0.15) is 0 Å². The Bertz CT molecular complexity index is 834. The summed E-state index contributed by atoms with van der Waals surface area (Å²) < 4.78 is 15.9. The van der Waals surface area contributed by atoms with Crippen molar-refractivity contribution < 1.29 is 28.6 Å². The number of para-hydroxylation sites is 2. The fourth-order valence-corrected chi connectivity index (χ4v) is 2.28. The molecule has 8 nitrogen and oxygen atoms in total. The number of hydrogen-bond acceptors (Lipinski definition) is 6. The van der Waals surface area contributed by atoms with Crippen LogP contribution in [0.1, 0.15) is 10.4 Å². The van der Waals surface area contributed by atoms with E-state index in [2.05, 4.69) is 5.32 Å². The number of rotatable bonds is 5. The average Bonchev–Trinajstić information content (AvgIpc) is 2.66. The lowest BCUT2D eigenvalue weighted by molar-refractivity contribution is -0.156. The van der Waals surface area contributed by atoms with Gasteiger partial charge in [-0.05, 0) is 36.4 Å². The highest BCUT2D eigenvalue weighted by Crippen LogP contribution is 2.31. The molecule has 1 heterocycles. The summed E-state index contributed by atoms with van der Waals surface area (Å²) in [4.78, 5) is 34.9. The molecule has 0 saturated carbocycles. The minimum atomic E-state index is -0.937. The Morgan fingerprint density at radius 1 is 1.08 bits per heavy atom. The van der Waals surface area contributed by atoms with Gasteiger partial charge in [-0.15, -0.1) is 0 Å². The van der Waals surface area contributed by atoms with E-state index in [9.17, 15) is 14.4 Å². The first-order valence-corrected chi connectivity index (χ1v) is 7.78. The first kappa shape index (κ1) is 17.3. The second-order valence-electron chi connectivity index (χ2n) is 5.46. The highest BCUT2D eigenvalue weighted by Gasteiger charge is 2.29. The quantitative estimate of drug-likeness (QED) is 0.775. The summed E-state index contributed by atoms with van der Waals surface area (Å²) in [5.74, 6) is -0.789. The Labute approximate surface area is 148 Å². The van der Waals surface area contributed by atoms with E-state index in [1.165, 1.54) is 24.3 Å². The van der Waals surface area contributed by atoms with Gasteiger partial charge in [-0.25, -0.2) is 4.79 Å². The summed E-state index contributed by atoms with van der Waals surface area (Å²) >= 11 is 0. The van der Waals surface area contributed by atoms with Gasteiger partial charge >= 0.3 is 5.97 Å². The largest absolute Gasteiger partial charge is 0.485 e. The monoisotopic (exact) mass is 356 g/mol. The summed E-state index contributed by atoms with van der Waals surface area (Å²) in [5, 5.41) is 2.54. The zero-order chi connectivity index (χ0) is 18.5. The van der Waals surface area contributed by atoms with E-state index >= 15 is 0 Å². The second kappa shape index (κ2) is 7.56. The molecule has 0 saturated heterocycles. The highest BCUT2D eigenvalue weighted by atomic mass is 16.6. The van der Waals surface area contributed by atoms with Crippen LogP contribution >= 0.6 is 0 Å². The van der Waals surface area contributed by atoms with Crippen molar-refractivity contribution in [3.05, 3.63) is 54.1 Å². The van der Waals surface area contributed by atoms with Crippen molar-refractivity contribution in [3.63, 3.8) is 0 Å². The molecule has 8 heteroatoms. The third-order valence-electron chi connectivity index (χ3n) is 3.57. The van der Waals surface area contributed by atoms with Crippen molar-refractivity contribution >= 4 is 23.5 Å². The van der Waals surface area contributed by atoms with E-state index < -0.39 is 30.5 Å². The average molecular weight is 356 g/mol. The molecule has 0 aliphatic carbocycles. The Kier molecular flexibility index (Phi) is 5.02. The molecule has 2 aromatic rings. The van der Waals surface area contributed by atoms with Crippen LogP contribution in [0.4, 0.5) is 5.69 Å². The van der Waals surface area contributed by atoms with Crippen LogP contribution in [-0.2, 0) is 14.3 Å². The van der Waals surface area contributed by atoms with Crippen LogP contribution in [0.25, 0.3) is 0 Å². The predicted molar refractivity (Wildman–Crippen MR) is 90.9 cm³/mol. The van der Waals surface area contributed by atoms with E-state index in [1.807, 2.05) is 0 Å². The van der Waals surface area contributed by atoms with E-state index in [0.29, 0.717) is 22.7 Å². The highest BCUT2D eigenvalue weighted by molar-refractivity contribution is 5.95. The molecule has 0 fully saturated rings. The van der Waals surface area contributed by atoms with Crippen LogP contribution in [0.2, 0.25) is 0 Å². The molecule has 0 unspecified atom stereocenters. The normalized spacial score (nSPS) is 15.0. The number of esters is 1. The molecule has 1 aliphatic heterocycles. The molecule has 0 bridgehead atoms. The number of nitrogens with one attached hydrogen (secondary N) is 1. The summed E-state index contributed by atoms with van der Waals surface area (Å²) in [7, 11) is 0. The first-order valence-electron chi connectivity index (χ1n) is 7.78. The SMILES string of the molecule is NC(=O)c1ccc(NC(=O)COC(=O)[C@@H]2COc3ccccc3O2)cc1. The van der Waals surface area contributed by atoms with Crippen LogP contribution < -0.4 is 20.5 Å². The van der Waals surface area contributed by atoms with Crippen LogP contribution in [0.3, 0.4) is 0 Å². The third kappa shape index (κ3) is 4.10. The van der Waals surface area contributed by atoms with Gasteiger partial charge in [0.1, 0.15) is 6.61 Å². The summed E-state index contributed by atoms with van der Waals surface area (Å²) in [6.45, 7) is -0.468. The van der Waals surface area contributed by atoms with Crippen LogP contribution in [0.15, 0.2) is 48.5 Å². The second-order valence-corrected chi connectivity index (χ2v) is 5.46. The van der Waals surface area contributed by atoms with Crippen LogP contribution in [-0.4, -0.2) is 37.1 Å². The molecule has 26 heavy (non-hydrogen) atoms. The zero-order valence-electron chi connectivity index (χ0n) is 13.6. The Hall–Kier alpha value is -3.55. The predicted octanol–water partition coefficient (Wildman–Crippen LogP) is 1.11. The molecule has 2 amide bonds. The van der Waals surface area contributed by atoms with Gasteiger partial charge in [0.15, 0.2) is 18.1 Å². The van der Waals surface area contributed by atoms with E-state index in [-0.39, 0.29) is 6.61 Å². The number of carbonyl (C=O) groups excluding carboxylic acids is 3. The number of benzene rings is 2. The summed E-state index contributed by atoms with van der Waals surface area (Å²) in [6.07, 6.45) is -0.937. The van der Waals surface area contributed by atoms with E-state index in [4.69, 9.17) is 19.9 Å². The van der Waals surface area contributed by atoms with Gasteiger partial charge < -0.3 is 25.3 Å². The molecule has 134 valence electrons. The topological polar surface area (TPSA) is 117 Å². The molecular weight excluding hydrogens is 340 g/mol. The minimum Gasteiger partial charge on any atom is -0.485 e. The van der Waals surface area contributed by atoms with Gasteiger partial charge in [0.2, 0.25) is 12.0 Å². The Balaban J connectivity index is 1.48. The molecule has 2 aromatic carbocycles. The van der Waals surface area contributed by atoms with Crippen molar-refractivity contribution in [1.29, 1.82) is 0 Å². The van der Waals surface area contributed by atoms with Crippen LogP contribution in [0, 0.1) is 0 Å². The van der Waals surface area contributed by atoms with E-state index in [1.54, 1.807) is 24.3 Å². The van der Waals surface area contributed by atoms with Crippen molar-refractivity contribution in [1.82, 2.24) is 0 Å². The maximum atomic E-state index is 12.0. The van der Waals surface area contributed by atoms with Gasteiger partial charge in [0, 0.05) is 11.3 Å². The van der Waals surface area contributed by atoms with Crippen molar-refractivity contribution in [2.75, 3.05) is 18.5 Å². The fourth-order valence-electron chi connectivity index (χ4n) is 2.28. The molecule has 0 aromatic heterocycles. The third-order valence-corrected chi connectivity index (χ3v) is 3.57. The lowest BCUT2D eigenvalue weighted by Crippen LogP contribution is -2.39. The maximum Gasteiger partial charge on any atom is 0.351 e. The van der Waals surface area contributed by atoms with Crippen LogP contribution in [0.5, 0.6) is 11.5 Å². The first-order chi connectivity index (χ1) is 12.5. The number of ether oxygens (including phenoxy) is 3. The molecule has 1 aliphatic rings. The molecule has 0 spiro atoms. The lowest BCUT2D eigenvalue weighted by Gasteiger charge is -2.24. The number of anilines is 1. The fraction of sp³-hybridized carbons (Fsp3) is 0.167. The molecule has 3 N–H and O–H groups in total. The zero-order valence-corrected chi connectivity index (χ0v) is 13.6. The number of carbonyl (C=O) groups is 3. The number of fused-ring (bicyclic) bond motifs is 1. The van der Waals surface area contributed by atoms with Crippen molar-refractivity contribution in [2.24, 2.45) is 5.73 Å². The van der Waals surface area contributed by atoms with Gasteiger partial charge in [-0.3, -0.25) is 9.59 Å². The van der Waals surface area contributed by atoms with Gasteiger partial charge in [0.05, 0.1) is 0 Å². The standard InChI is InChI=1S/C18H16N2O6/c19-17(22)11-5-7-12(8-6-11)20-16(21)10-25-18(23)15-9-24-13-3-1-2-4-14(13)26-15/h1-8,15H,9-10H2,(H2,19,22)(H,20,21)/t15-/m0/s1. The smallest absolute Gasteiger partial charge is 0.351 e. The minimum absolute atomic E-state index is 0.00600. The Morgan fingerprint density at radius 2 is 1.77 bits per heavy atom. The van der Waals surface area contributed by atoms with Gasteiger partial charge in [-0.1, -0.05) is 12.1 Å². The molecular formula is C18H16N2O6. The summed E-state index contributed by atoms with van der Waals surface area (Å²) in [6, 6.07) is 13.0. The lowest BCUT2D eigenvalue weighted by atomic mass is 10.2. The number of primary amides is 1. The van der Waals surface area contributed by atoms with Crippen molar-refractivity contribution in [2.45, 2.75) is 6.10 Å². The van der Waals surface area contributed by atoms with Crippen molar-refractivity contribution in [3.8, 4) is 11.5 Å². The number of nitrogens with two attached hydrogens (primary N) is 1. The van der Waals surface area contributed by atoms with E-state index in [0.717, 1.165) is 0 Å². The summed E-state index contributed by atoms with van der Waals surface area (Å²) in [5.41, 5.74) is 5.91. The number of hydrogen-bond donors (Lipinski definition) is 2. The van der Waals surface area contributed by atoms with Gasteiger partial charge in [0.25, 0.3) is 5.91 Å². The molecule has 1 atom stereocenters. The Morgan fingerprint density at radius 3 is 2.46 bits per heavy atom. The molecule has 3 rings (SSSR count). The maximum absolute atomic E-state index is 12.0.